The highest BCUT2D eigenvalue weighted by Gasteiger charge is 2.17. The molecule has 0 saturated heterocycles. The van der Waals surface area contributed by atoms with Crippen LogP contribution in [0.2, 0.25) is 0 Å². The zero-order valence-electron chi connectivity index (χ0n) is 35.2. The van der Waals surface area contributed by atoms with Gasteiger partial charge in [0.15, 0.2) is 6.10 Å². The molecule has 1 atom stereocenters. The fourth-order valence-corrected chi connectivity index (χ4v) is 5.60. The number of carbonyl (C=O) groups excluding carboxylic acids is 2. The molecule has 0 radical (unpaired) electrons. The first-order valence-corrected chi connectivity index (χ1v) is 22.1. The molecular weight excluding hydrogens is 669 g/mol. The van der Waals surface area contributed by atoms with Crippen LogP contribution in [0.1, 0.15) is 188 Å². The van der Waals surface area contributed by atoms with Gasteiger partial charge in [-0.25, -0.2) is 0 Å². The highest BCUT2D eigenvalue weighted by molar-refractivity contribution is 5.70. The average molecular weight is 751 g/mol. The number of carbonyl (C=O) groups is 2. The van der Waals surface area contributed by atoms with Gasteiger partial charge in [0.05, 0.1) is 6.61 Å². The van der Waals surface area contributed by atoms with Crippen LogP contribution < -0.4 is 0 Å². The minimum Gasteiger partial charge on any atom is -0.462 e. The Bertz CT molecular complexity index is 1030. The molecule has 0 aliphatic heterocycles. The smallest absolute Gasteiger partial charge is 0.306 e. The van der Waals surface area contributed by atoms with E-state index in [2.05, 4.69) is 99.8 Å². The second-order valence-electron chi connectivity index (χ2n) is 14.2. The van der Waals surface area contributed by atoms with Crippen molar-refractivity contribution in [2.75, 3.05) is 19.8 Å². The van der Waals surface area contributed by atoms with Crippen molar-refractivity contribution in [3.8, 4) is 0 Å². The minimum atomic E-state index is -0.576. The Morgan fingerprint density at radius 2 is 0.907 bits per heavy atom. The van der Waals surface area contributed by atoms with Crippen molar-refractivity contribution >= 4 is 11.9 Å². The highest BCUT2D eigenvalue weighted by Crippen LogP contribution is 2.11. The number of unbranched alkanes of at least 4 members (excludes halogenated alkanes) is 14. The van der Waals surface area contributed by atoms with E-state index in [1.807, 2.05) is 6.08 Å². The van der Waals surface area contributed by atoms with Gasteiger partial charge < -0.3 is 14.2 Å². The summed E-state index contributed by atoms with van der Waals surface area (Å²) in [5, 5.41) is 0. The molecule has 0 aromatic heterocycles. The van der Waals surface area contributed by atoms with Gasteiger partial charge in [0.2, 0.25) is 0 Å². The fourth-order valence-electron chi connectivity index (χ4n) is 5.60. The zero-order chi connectivity index (χ0) is 39.3. The van der Waals surface area contributed by atoms with Crippen LogP contribution in [0.15, 0.2) is 85.1 Å². The monoisotopic (exact) mass is 751 g/mol. The minimum absolute atomic E-state index is 0.0353. The van der Waals surface area contributed by atoms with Gasteiger partial charge in [-0.15, -0.1) is 0 Å². The Kier molecular flexibility index (Phi) is 42.1. The first-order valence-electron chi connectivity index (χ1n) is 22.1. The van der Waals surface area contributed by atoms with E-state index in [0.29, 0.717) is 25.9 Å². The lowest BCUT2D eigenvalue weighted by atomic mass is 10.1. The fraction of sp³-hybridized carbons (Fsp3) is 0.673. The summed E-state index contributed by atoms with van der Waals surface area (Å²) in [6.07, 6.45) is 57.3. The van der Waals surface area contributed by atoms with Gasteiger partial charge in [0.25, 0.3) is 0 Å². The van der Waals surface area contributed by atoms with Crippen LogP contribution in [0.5, 0.6) is 0 Å². The Hall–Kier alpha value is -2.92. The number of ether oxygens (including phenoxy) is 3. The second kappa shape index (κ2) is 44.5. The second-order valence-corrected chi connectivity index (χ2v) is 14.2. The maximum absolute atomic E-state index is 12.7. The van der Waals surface area contributed by atoms with E-state index in [0.717, 1.165) is 77.0 Å². The molecule has 0 aliphatic carbocycles. The van der Waals surface area contributed by atoms with Crippen molar-refractivity contribution in [3.63, 3.8) is 0 Å². The molecule has 308 valence electrons. The van der Waals surface area contributed by atoms with Gasteiger partial charge in [0, 0.05) is 19.4 Å². The molecule has 0 amide bonds. The molecular formula is C49H82O5. The summed E-state index contributed by atoms with van der Waals surface area (Å²) in [5.74, 6) is -0.517. The molecule has 0 rings (SSSR count). The van der Waals surface area contributed by atoms with Gasteiger partial charge in [-0.1, -0.05) is 170 Å². The van der Waals surface area contributed by atoms with Crippen LogP contribution in [-0.2, 0) is 23.8 Å². The molecule has 5 nitrogen and oxygen atoms in total. The first kappa shape index (κ1) is 51.1. The zero-order valence-corrected chi connectivity index (χ0v) is 35.2. The third-order valence-electron chi connectivity index (χ3n) is 8.88. The molecule has 0 aliphatic rings. The van der Waals surface area contributed by atoms with Crippen molar-refractivity contribution in [1.82, 2.24) is 0 Å². The van der Waals surface area contributed by atoms with Crippen molar-refractivity contribution in [1.29, 1.82) is 0 Å². The van der Waals surface area contributed by atoms with Crippen LogP contribution in [0.25, 0.3) is 0 Å². The molecule has 0 N–H and O–H groups in total. The van der Waals surface area contributed by atoms with E-state index in [9.17, 15) is 9.59 Å². The molecule has 0 bridgehead atoms. The van der Waals surface area contributed by atoms with Gasteiger partial charge in [-0.2, -0.15) is 0 Å². The van der Waals surface area contributed by atoms with Crippen molar-refractivity contribution in [2.45, 2.75) is 194 Å². The summed E-state index contributed by atoms with van der Waals surface area (Å²) in [5.41, 5.74) is 0. The largest absolute Gasteiger partial charge is 0.462 e. The van der Waals surface area contributed by atoms with E-state index in [-0.39, 0.29) is 25.2 Å². The number of rotatable bonds is 39. The Morgan fingerprint density at radius 1 is 0.426 bits per heavy atom. The van der Waals surface area contributed by atoms with E-state index in [1.54, 1.807) is 0 Å². The van der Waals surface area contributed by atoms with Crippen LogP contribution >= 0.6 is 0 Å². The number of hydrogen-bond acceptors (Lipinski definition) is 5. The molecule has 0 heterocycles. The summed E-state index contributed by atoms with van der Waals surface area (Å²) in [7, 11) is 0. The van der Waals surface area contributed by atoms with Gasteiger partial charge >= 0.3 is 11.9 Å². The SMILES string of the molecule is CC/C=C\C/C=C\C/C=C\C/C=C\CCC(=O)OCC(COCCCCCCCC/C=C\CCCC)OC(=O)CCCCCCC/C=C\C/C=C\CCC. The molecule has 0 aromatic carbocycles. The maximum atomic E-state index is 12.7. The molecule has 0 spiro atoms. The van der Waals surface area contributed by atoms with E-state index in [1.165, 1.54) is 70.6 Å². The molecule has 0 saturated carbocycles. The summed E-state index contributed by atoms with van der Waals surface area (Å²) in [6.45, 7) is 7.49. The molecule has 5 heteroatoms. The Morgan fingerprint density at radius 3 is 1.50 bits per heavy atom. The number of allylic oxidation sites excluding steroid dienone is 14. The summed E-state index contributed by atoms with van der Waals surface area (Å²) in [6, 6.07) is 0. The third kappa shape index (κ3) is 41.8. The normalized spacial score (nSPS) is 13.0. The predicted molar refractivity (Wildman–Crippen MR) is 233 cm³/mol. The summed E-state index contributed by atoms with van der Waals surface area (Å²) >= 11 is 0. The van der Waals surface area contributed by atoms with Crippen molar-refractivity contribution in [3.05, 3.63) is 85.1 Å². The van der Waals surface area contributed by atoms with Gasteiger partial charge in [0.1, 0.15) is 6.61 Å². The third-order valence-corrected chi connectivity index (χ3v) is 8.88. The standard InChI is InChI=1S/C49H82O5/c1-4-7-10-13-16-19-22-25-27-30-33-36-39-42-48(50)53-46-47(45-52-44-41-38-35-32-29-24-21-18-15-12-9-6-3)54-49(51)43-40-37-34-31-28-26-23-20-17-14-11-8-5-2/h7,10-11,14-16,18-20,23,25,27,33,36,47H,4-6,8-9,12-13,17,21-22,24,26,28-32,34-35,37-46H2,1-3H3/b10-7-,14-11-,18-15-,19-16-,23-20-,27-25-,36-33-. The number of esters is 2. The Balaban J connectivity index is 4.41. The van der Waals surface area contributed by atoms with E-state index >= 15 is 0 Å². The quantitative estimate of drug-likeness (QED) is 0.0356. The molecule has 0 aromatic rings. The average Bonchev–Trinajstić information content (AvgIpc) is 3.17. The van der Waals surface area contributed by atoms with Crippen molar-refractivity contribution < 1.29 is 23.8 Å². The van der Waals surface area contributed by atoms with Crippen molar-refractivity contribution in [2.24, 2.45) is 0 Å². The van der Waals surface area contributed by atoms with Gasteiger partial charge in [-0.3, -0.25) is 9.59 Å². The van der Waals surface area contributed by atoms with Crippen LogP contribution in [-0.4, -0.2) is 37.9 Å². The molecule has 54 heavy (non-hydrogen) atoms. The van der Waals surface area contributed by atoms with E-state index in [4.69, 9.17) is 14.2 Å². The lowest BCUT2D eigenvalue weighted by molar-refractivity contribution is -0.162. The maximum Gasteiger partial charge on any atom is 0.306 e. The van der Waals surface area contributed by atoms with Crippen LogP contribution in [0, 0.1) is 0 Å². The Labute approximate surface area is 333 Å². The van der Waals surface area contributed by atoms with E-state index < -0.39 is 6.10 Å². The predicted octanol–water partition coefficient (Wildman–Crippen LogP) is 14.6. The van der Waals surface area contributed by atoms with Gasteiger partial charge in [-0.05, 0) is 89.9 Å². The lowest BCUT2D eigenvalue weighted by Gasteiger charge is -2.18. The van der Waals surface area contributed by atoms with Crippen LogP contribution in [0.4, 0.5) is 0 Å². The first-order chi connectivity index (χ1) is 26.6. The topological polar surface area (TPSA) is 61.8 Å². The summed E-state index contributed by atoms with van der Waals surface area (Å²) < 4.78 is 17.2. The van der Waals surface area contributed by atoms with Crippen LogP contribution in [0.3, 0.4) is 0 Å². The number of hydrogen-bond donors (Lipinski definition) is 0. The molecule has 1 unspecified atom stereocenters. The highest BCUT2D eigenvalue weighted by atomic mass is 16.6. The molecule has 0 fully saturated rings. The summed E-state index contributed by atoms with van der Waals surface area (Å²) in [4.78, 5) is 25.2. The lowest BCUT2D eigenvalue weighted by Crippen LogP contribution is -2.30.